The Balaban J connectivity index is 1.69. The minimum atomic E-state index is 0.0307. The van der Waals surface area contributed by atoms with Gasteiger partial charge in [0.1, 0.15) is 0 Å². The van der Waals surface area contributed by atoms with Gasteiger partial charge in [0.2, 0.25) is 5.91 Å². The lowest BCUT2D eigenvalue weighted by molar-refractivity contribution is -0.120. The molecule has 2 aromatic heterocycles. The molecule has 4 heteroatoms. The van der Waals surface area contributed by atoms with E-state index in [9.17, 15) is 4.79 Å². The zero-order valence-corrected chi connectivity index (χ0v) is 11.9. The molecule has 0 fully saturated rings. The van der Waals surface area contributed by atoms with Crippen molar-refractivity contribution in [1.29, 1.82) is 0 Å². The summed E-state index contributed by atoms with van der Waals surface area (Å²) in [5.74, 6) is 0.0307. The van der Waals surface area contributed by atoms with Crippen LogP contribution in [0.25, 0.3) is 10.9 Å². The molecule has 4 nitrogen and oxygen atoms in total. The number of carbonyl (C=O) groups excluding carboxylic acids is 1. The largest absolute Gasteiger partial charge is 0.352 e. The number of amides is 1. The summed E-state index contributed by atoms with van der Waals surface area (Å²) < 4.78 is 2.06. The predicted molar refractivity (Wildman–Crippen MR) is 82.7 cm³/mol. The highest BCUT2D eigenvalue weighted by Crippen LogP contribution is 2.20. The molecule has 0 aliphatic carbocycles. The molecule has 3 aromatic rings. The molecule has 3 rings (SSSR count). The Hall–Kier alpha value is -2.62. The third-order valence-electron chi connectivity index (χ3n) is 3.57. The van der Waals surface area contributed by atoms with Gasteiger partial charge < -0.3 is 9.88 Å². The summed E-state index contributed by atoms with van der Waals surface area (Å²) in [7, 11) is 2.00. The molecule has 0 saturated carbocycles. The number of rotatable bonds is 4. The predicted octanol–water partition coefficient (Wildman–Crippen LogP) is 2.43. The van der Waals surface area contributed by atoms with Crippen LogP contribution in [0.3, 0.4) is 0 Å². The van der Waals surface area contributed by atoms with Crippen LogP contribution in [0, 0.1) is 0 Å². The summed E-state index contributed by atoms with van der Waals surface area (Å²) in [6.07, 6.45) is 5.88. The van der Waals surface area contributed by atoms with Crippen LogP contribution >= 0.6 is 0 Å². The Bertz CT molecular complexity index is 762. The number of pyridine rings is 1. The number of hydrogen-bond acceptors (Lipinski definition) is 2. The maximum absolute atomic E-state index is 12.1. The molecular formula is C17H17N3O. The van der Waals surface area contributed by atoms with Crippen molar-refractivity contribution in [3.8, 4) is 0 Å². The van der Waals surface area contributed by atoms with Crippen molar-refractivity contribution < 1.29 is 4.79 Å². The summed E-state index contributed by atoms with van der Waals surface area (Å²) in [6.45, 7) is 0.534. The average Bonchev–Trinajstić information content (AvgIpc) is 2.83. The molecule has 0 saturated heterocycles. The smallest absolute Gasteiger partial charge is 0.224 e. The Morgan fingerprint density at radius 3 is 2.76 bits per heavy atom. The molecule has 1 amide bonds. The monoisotopic (exact) mass is 279 g/mol. The molecule has 0 atom stereocenters. The molecule has 0 spiro atoms. The number of aryl methyl sites for hydroxylation is 1. The van der Waals surface area contributed by atoms with Crippen LogP contribution in [-0.2, 0) is 24.8 Å². The van der Waals surface area contributed by atoms with Crippen molar-refractivity contribution >= 4 is 16.8 Å². The zero-order chi connectivity index (χ0) is 14.7. The quantitative estimate of drug-likeness (QED) is 0.797. The van der Waals surface area contributed by atoms with Gasteiger partial charge in [-0.25, -0.2) is 0 Å². The lowest BCUT2D eigenvalue weighted by Gasteiger charge is -2.04. The van der Waals surface area contributed by atoms with E-state index in [-0.39, 0.29) is 5.91 Å². The van der Waals surface area contributed by atoms with E-state index in [1.807, 2.05) is 37.5 Å². The van der Waals surface area contributed by atoms with Gasteiger partial charge in [0.25, 0.3) is 0 Å². The number of nitrogens with zero attached hydrogens (tertiary/aromatic N) is 2. The Labute approximate surface area is 123 Å². The fourth-order valence-corrected chi connectivity index (χ4v) is 2.50. The lowest BCUT2D eigenvalue weighted by Crippen LogP contribution is -2.24. The van der Waals surface area contributed by atoms with Crippen LogP contribution in [0.5, 0.6) is 0 Å². The average molecular weight is 279 g/mol. The number of para-hydroxylation sites is 1. The summed E-state index contributed by atoms with van der Waals surface area (Å²) in [6, 6.07) is 11.9. The molecule has 1 N–H and O–H groups in total. The molecule has 21 heavy (non-hydrogen) atoms. The molecule has 106 valence electrons. The first-order valence-electron chi connectivity index (χ1n) is 6.92. The topological polar surface area (TPSA) is 46.9 Å². The third-order valence-corrected chi connectivity index (χ3v) is 3.57. The first-order valence-corrected chi connectivity index (χ1v) is 6.92. The molecule has 0 aliphatic rings. The van der Waals surface area contributed by atoms with E-state index in [1.54, 1.807) is 12.4 Å². The van der Waals surface area contributed by atoms with E-state index in [0.717, 1.165) is 22.0 Å². The molecule has 0 bridgehead atoms. The number of nitrogens with one attached hydrogen (secondary N) is 1. The SMILES string of the molecule is Cn1cc(CC(=O)NCc2ccncc2)c2ccccc21. The second-order valence-electron chi connectivity index (χ2n) is 5.09. The number of aromatic nitrogens is 2. The van der Waals surface area contributed by atoms with Crippen LogP contribution < -0.4 is 5.32 Å². The van der Waals surface area contributed by atoms with Crippen LogP contribution in [0.1, 0.15) is 11.1 Å². The second kappa shape index (κ2) is 5.79. The maximum Gasteiger partial charge on any atom is 0.224 e. The van der Waals surface area contributed by atoms with Gasteiger partial charge in [-0.05, 0) is 29.3 Å². The summed E-state index contributed by atoms with van der Waals surface area (Å²) in [4.78, 5) is 16.1. The Morgan fingerprint density at radius 2 is 1.95 bits per heavy atom. The fourth-order valence-electron chi connectivity index (χ4n) is 2.50. The number of fused-ring (bicyclic) bond motifs is 1. The van der Waals surface area contributed by atoms with Crippen molar-refractivity contribution in [2.75, 3.05) is 0 Å². The fraction of sp³-hybridized carbons (Fsp3) is 0.176. The summed E-state index contributed by atoms with van der Waals surface area (Å²) >= 11 is 0. The maximum atomic E-state index is 12.1. The highest BCUT2D eigenvalue weighted by molar-refractivity contribution is 5.89. The van der Waals surface area contributed by atoms with E-state index in [1.165, 1.54) is 0 Å². The molecule has 0 radical (unpaired) electrons. The zero-order valence-electron chi connectivity index (χ0n) is 11.9. The normalized spacial score (nSPS) is 10.7. The molecule has 1 aromatic carbocycles. The third kappa shape index (κ3) is 2.94. The van der Waals surface area contributed by atoms with Crippen molar-refractivity contribution in [1.82, 2.24) is 14.9 Å². The van der Waals surface area contributed by atoms with Crippen molar-refractivity contribution in [2.45, 2.75) is 13.0 Å². The minimum absolute atomic E-state index is 0.0307. The molecular weight excluding hydrogens is 262 g/mol. The number of hydrogen-bond donors (Lipinski definition) is 1. The second-order valence-corrected chi connectivity index (χ2v) is 5.09. The first-order chi connectivity index (χ1) is 10.2. The summed E-state index contributed by atoms with van der Waals surface area (Å²) in [5, 5.41) is 4.08. The van der Waals surface area contributed by atoms with Crippen molar-refractivity contribution in [3.63, 3.8) is 0 Å². The van der Waals surface area contributed by atoms with Gasteiger partial charge >= 0.3 is 0 Å². The van der Waals surface area contributed by atoms with Crippen molar-refractivity contribution in [3.05, 3.63) is 66.1 Å². The van der Waals surface area contributed by atoms with Crippen LogP contribution in [0.15, 0.2) is 55.0 Å². The van der Waals surface area contributed by atoms with E-state index in [2.05, 4.69) is 27.0 Å². The lowest BCUT2D eigenvalue weighted by atomic mass is 10.1. The molecule has 0 aliphatic heterocycles. The van der Waals surface area contributed by atoms with E-state index >= 15 is 0 Å². The summed E-state index contributed by atoms with van der Waals surface area (Å²) in [5.41, 5.74) is 3.26. The van der Waals surface area contributed by atoms with Gasteiger partial charge in [0.05, 0.1) is 6.42 Å². The number of carbonyl (C=O) groups is 1. The van der Waals surface area contributed by atoms with Gasteiger partial charge in [-0.2, -0.15) is 0 Å². The first kappa shape index (κ1) is 13.4. The van der Waals surface area contributed by atoms with Gasteiger partial charge in [-0.1, -0.05) is 18.2 Å². The van der Waals surface area contributed by atoms with Gasteiger partial charge in [-0.15, -0.1) is 0 Å². The van der Waals surface area contributed by atoms with Gasteiger partial charge in [-0.3, -0.25) is 9.78 Å². The van der Waals surface area contributed by atoms with E-state index < -0.39 is 0 Å². The minimum Gasteiger partial charge on any atom is -0.352 e. The Morgan fingerprint density at radius 1 is 1.19 bits per heavy atom. The van der Waals surface area contributed by atoms with Gasteiger partial charge in [0.15, 0.2) is 0 Å². The van der Waals surface area contributed by atoms with E-state index in [4.69, 9.17) is 0 Å². The van der Waals surface area contributed by atoms with Crippen molar-refractivity contribution in [2.24, 2.45) is 7.05 Å². The van der Waals surface area contributed by atoms with Crippen LogP contribution in [-0.4, -0.2) is 15.5 Å². The Kier molecular flexibility index (Phi) is 3.69. The molecule has 2 heterocycles. The molecule has 0 unspecified atom stereocenters. The van der Waals surface area contributed by atoms with Crippen LogP contribution in [0.4, 0.5) is 0 Å². The van der Waals surface area contributed by atoms with Crippen LogP contribution in [0.2, 0.25) is 0 Å². The number of benzene rings is 1. The highest BCUT2D eigenvalue weighted by Gasteiger charge is 2.10. The van der Waals surface area contributed by atoms with Gasteiger partial charge in [0, 0.05) is 43.1 Å². The standard InChI is InChI=1S/C17H17N3O/c1-20-12-14(15-4-2-3-5-16(15)20)10-17(21)19-11-13-6-8-18-9-7-13/h2-9,12H,10-11H2,1H3,(H,19,21). The highest BCUT2D eigenvalue weighted by atomic mass is 16.1. The van der Waals surface area contributed by atoms with E-state index in [0.29, 0.717) is 13.0 Å².